The zero-order valence-corrected chi connectivity index (χ0v) is 12.6. The molecule has 0 aliphatic carbocycles. The Kier molecular flexibility index (Phi) is 6.30. The minimum Gasteiger partial charge on any atom is -0.326 e. The molecule has 2 N–H and O–H groups in total. The highest BCUT2D eigenvalue weighted by Gasteiger charge is 2.26. The molecule has 0 amide bonds. The molecule has 0 saturated carbocycles. The SMILES string of the molecule is CCC(N)C(c1ccc(Cl)cc1)N(C)C(C)CC#N. The fourth-order valence-corrected chi connectivity index (χ4v) is 2.34. The number of nitriles is 1. The highest BCUT2D eigenvalue weighted by atomic mass is 35.5. The van der Waals surface area contributed by atoms with Crippen LogP contribution in [0, 0.1) is 11.3 Å². The van der Waals surface area contributed by atoms with Gasteiger partial charge in [0.2, 0.25) is 0 Å². The smallest absolute Gasteiger partial charge is 0.0638 e. The number of nitrogens with two attached hydrogens (primary N) is 1. The van der Waals surface area contributed by atoms with Gasteiger partial charge in [0.25, 0.3) is 0 Å². The number of rotatable bonds is 6. The van der Waals surface area contributed by atoms with Gasteiger partial charge in [0.1, 0.15) is 0 Å². The predicted molar refractivity (Wildman–Crippen MR) is 79.9 cm³/mol. The summed E-state index contributed by atoms with van der Waals surface area (Å²) >= 11 is 5.93. The van der Waals surface area contributed by atoms with Crippen molar-refractivity contribution < 1.29 is 0 Å². The van der Waals surface area contributed by atoms with Crippen LogP contribution in [0.3, 0.4) is 0 Å². The molecule has 1 aromatic carbocycles. The van der Waals surface area contributed by atoms with E-state index < -0.39 is 0 Å². The first kappa shape index (κ1) is 16.0. The molecule has 0 bridgehead atoms. The molecular weight excluding hydrogens is 258 g/mol. The minimum atomic E-state index is 0.0346. The zero-order chi connectivity index (χ0) is 14.4. The number of benzene rings is 1. The highest BCUT2D eigenvalue weighted by molar-refractivity contribution is 6.30. The van der Waals surface area contributed by atoms with Crippen molar-refractivity contribution in [2.45, 2.75) is 44.8 Å². The Morgan fingerprint density at radius 3 is 2.42 bits per heavy atom. The first-order chi connectivity index (χ1) is 9.01. The molecule has 0 radical (unpaired) electrons. The van der Waals surface area contributed by atoms with Crippen molar-refractivity contribution in [2.24, 2.45) is 5.73 Å². The molecule has 3 nitrogen and oxygen atoms in total. The van der Waals surface area contributed by atoms with Crippen LogP contribution < -0.4 is 5.73 Å². The lowest BCUT2D eigenvalue weighted by Gasteiger charge is -2.36. The summed E-state index contributed by atoms with van der Waals surface area (Å²) in [5.41, 5.74) is 7.41. The molecule has 3 unspecified atom stereocenters. The predicted octanol–water partition coefficient (Wildman–Crippen LogP) is 3.35. The molecule has 1 aromatic rings. The molecule has 104 valence electrons. The van der Waals surface area contributed by atoms with Crippen molar-refractivity contribution in [2.75, 3.05) is 7.05 Å². The number of hydrogen-bond donors (Lipinski definition) is 1. The minimum absolute atomic E-state index is 0.0346. The molecule has 0 aromatic heterocycles. The van der Waals surface area contributed by atoms with Gasteiger partial charge in [-0.2, -0.15) is 5.26 Å². The molecule has 0 aliphatic heterocycles. The molecular formula is C15H22ClN3. The van der Waals surface area contributed by atoms with E-state index in [1.54, 1.807) is 0 Å². The summed E-state index contributed by atoms with van der Waals surface area (Å²) in [5, 5.41) is 9.57. The van der Waals surface area contributed by atoms with Crippen LogP contribution in [0.15, 0.2) is 24.3 Å². The molecule has 0 aliphatic rings. The van der Waals surface area contributed by atoms with Gasteiger partial charge in [-0.25, -0.2) is 0 Å². The summed E-state index contributed by atoms with van der Waals surface area (Å²) in [7, 11) is 2.02. The van der Waals surface area contributed by atoms with Crippen LogP contribution in [0.1, 0.15) is 38.3 Å². The fourth-order valence-electron chi connectivity index (χ4n) is 2.22. The standard InChI is InChI=1S/C15H22ClN3/c1-4-14(18)15(19(3)11(2)9-10-17)12-5-7-13(16)8-6-12/h5-8,11,14-15H,4,9,18H2,1-3H3. The van der Waals surface area contributed by atoms with Crippen LogP contribution in [-0.4, -0.2) is 24.0 Å². The Hall–Kier alpha value is -1.08. The normalized spacial score (nSPS) is 15.8. The molecule has 0 saturated heterocycles. The first-order valence-corrected chi connectivity index (χ1v) is 6.99. The maximum Gasteiger partial charge on any atom is 0.0638 e. The van der Waals surface area contributed by atoms with Crippen LogP contribution in [0.25, 0.3) is 0 Å². The molecule has 0 heterocycles. The topological polar surface area (TPSA) is 53.0 Å². The lowest BCUT2D eigenvalue weighted by atomic mass is 9.95. The second-order valence-corrected chi connectivity index (χ2v) is 5.38. The van der Waals surface area contributed by atoms with Gasteiger partial charge in [-0.3, -0.25) is 4.90 Å². The lowest BCUT2D eigenvalue weighted by Crippen LogP contribution is -2.42. The largest absolute Gasteiger partial charge is 0.326 e. The third-order valence-corrected chi connectivity index (χ3v) is 3.86. The number of likely N-dealkylation sites (N-methyl/N-ethyl adjacent to an activating group) is 1. The second-order valence-electron chi connectivity index (χ2n) is 4.95. The van der Waals surface area contributed by atoms with E-state index in [1.165, 1.54) is 0 Å². The molecule has 4 heteroatoms. The Labute approximate surface area is 121 Å². The lowest BCUT2D eigenvalue weighted by molar-refractivity contribution is 0.160. The van der Waals surface area contributed by atoms with Crippen LogP contribution in [0.5, 0.6) is 0 Å². The summed E-state index contributed by atoms with van der Waals surface area (Å²) < 4.78 is 0. The Bertz CT molecular complexity index is 424. The van der Waals surface area contributed by atoms with E-state index in [4.69, 9.17) is 22.6 Å². The van der Waals surface area contributed by atoms with E-state index in [-0.39, 0.29) is 18.1 Å². The van der Waals surface area contributed by atoms with Gasteiger partial charge < -0.3 is 5.73 Å². The van der Waals surface area contributed by atoms with Crippen molar-refractivity contribution >= 4 is 11.6 Å². The Morgan fingerprint density at radius 2 is 1.95 bits per heavy atom. The van der Waals surface area contributed by atoms with Crippen LogP contribution in [0.2, 0.25) is 5.02 Å². The summed E-state index contributed by atoms with van der Waals surface area (Å²) in [6.45, 7) is 4.13. The van der Waals surface area contributed by atoms with E-state index >= 15 is 0 Å². The van der Waals surface area contributed by atoms with Crippen LogP contribution in [-0.2, 0) is 0 Å². The van der Waals surface area contributed by atoms with Gasteiger partial charge in [0, 0.05) is 23.1 Å². The molecule has 0 spiro atoms. The number of halogens is 1. The van der Waals surface area contributed by atoms with Crippen molar-refractivity contribution in [1.82, 2.24) is 4.90 Å². The third-order valence-electron chi connectivity index (χ3n) is 3.61. The summed E-state index contributed by atoms with van der Waals surface area (Å²) in [5.74, 6) is 0. The van der Waals surface area contributed by atoms with Gasteiger partial charge in [0.05, 0.1) is 12.5 Å². The van der Waals surface area contributed by atoms with E-state index in [0.717, 1.165) is 17.0 Å². The summed E-state index contributed by atoms with van der Waals surface area (Å²) in [4.78, 5) is 2.18. The second kappa shape index (κ2) is 7.49. The van der Waals surface area contributed by atoms with Crippen molar-refractivity contribution in [3.8, 4) is 6.07 Å². The van der Waals surface area contributed by atoms with Gasteiger partial charge in [-0.15, -0.1) is 0 Å². The van der Waals surface area contributed by atoms with Crippen molar-refractivity contribution in [1.29, 1.82) is 5.26 Å². The summed E-state index contributed by atoms with van der Waals surface area (Å²) in [6.07, 6.45) is 1.38. The van der Waals surface area contributed by atoms with Crippen molar-refractivity contribution in [3.05, 3.63) is 34.9 Å². The van der Waals surface area contributed by atoms with E-state index in [9.17, 15) is 0 Å². The van der Waals surface area contributed by atoms with Crippen molar-refractivity contribution in [3.63, 3.8) is 0 Å². The molecule has 19 heavy (non-hydrogen) atoms. The van der Waals surface area contributed by atoms with E-state index in [2.05, 4.69) is 24.8 Å². The Morgan fingerprint density at radius 1 is 1.37 bits per heavy atom. The van der Waals surface area contributed by atoms with Gasteiger partial charge in [-0.1, -0.05) is 30.7 Å². The molecule has 1 rings (SSSR count). The maximum absolute atomic E-state index is 8.84. The fraction of sp³-hybridized carbons (Fsp3) is 0.533. The van der Waals surface area contributed by atoms with E-state index in [1.807, 2.05) is 31.3 Å². The Balaban J connectivity index is 3.01. The quantitative estimate of drug-likeness (QED) is 0.869. The number of hydrogen-bond acceptors (Lipinski definition) is 3. The maximum atomic E-state index is 8.84. The van der Waals surface area contributed by atoms with E-state index in [0.29, 0.717) is 6.42 Å². The highest BCUT2D eigenvalue weighted by Crippen LogP contribution is 2.27. The first-order valence-electron chi connectivity index (χ1n) is 6.61. The summed E-state index contributed by atoms with van der Waals surface area (Å²) in [6, 6.07) is 10.3. The van der Waals surface area contributed by atoms with Crippen LogP contribution >= 0.6 is 11.6 Å². The monoisotopic (exact) mass is 279 g/mol. The van der Waals surface area contributed by atoms with Gasteiger partial charge in [-0.05, 0) is 38.1 Å². The average molecular weight is 280 g/mol. The third kappa shape index (κ3) is 4.21. The average Bonchev–Trinajstić information content (AvgIpc) is 2.41. The van der Waals surface area contributed by atoms with Gasteiger partial charge in [0.15, 0.2) is 0 Å². The zero-order valence-electron chi connectivity index (χ0n) is 11.8. The molecule has 3 atom stereocenters. The molecule has 0 fully saturated rings. The van der Waals surface area contributed by atoms with Gasteiger partial charge >= 0.3 is 0 Å². The number of nitrogens with zero attached hydrogens (tertiary/aromatic N) is 2. The van der Waals surface area contributed by atoms with Crippen LogP contribution in [0.4, 0.5) is 0 Å².